The molecule has 1 saturated heterocycles. The minimum absolute atomic E-state index is 0.343. The molecule has 2 aromatic heterocycles. The van der Waals surface area contributed by atoms with Crippen LogP contribution in [0.3, 0.4) is 0 Å². The van der Waals surface area contributed by atoms with E-state index in [9.17, 15) is 0 Å². The molecule has 0 amide bonds. The zero-order valence-electron chi connectivity index (χ0n) is 13.0. The van der Waals surface area contributed by atoms with Crippen molar-refractivity contribution < 1.29 is 9.31 Å². The van der Waals surface area contributed by atoms with Crippen LogP contribution >= 0.6 is 0 Å². The van der Waals surface area contributed by atoms with Gasteiger partial charge in [-0.1, -0.05) is 0 Å². The topological polar surface area (TPSA) is 48.7 Å². The van der Waals surface area contributed by atoms with Gasteiger partial charge < -0.3 is 9.31 Å². The summed E-state index contributed by atoms with van der Waals surface area (Å²) in [5.41, 5.74) is 2.23. The van der Waals surface area contributed by atoms with Gasteiger partial charge in [-0.25, -0.2) is 9.50 Å². The molecule has 6 heteroatoms. The summed E-state index contributed by atoms with van der Waals surface area (Å²) in [7, 11) is -0.389. The van der Waals surface area contributed by atoms with Crippen molar-refractivity contribution in [2.45, 2.75) is 57.7 Å². The van der Waals surface area contributed by atoms with Crippen molar-refractivity contribution in [2.24, 2.45) is 0 Å². The Morgan fingerprint density at radius 1 is 1.19 bits per heavy atom. The Morgan fingerprint density at radius 3 is 2.48 bits per heavy atom. The second kappa shape index (κ2) is 4.08. The lowest BCUT2D eigenvalue weighted by Gasteiger charge is -2.32. The Hall–Kier alpha value is -1.40. The van der Waals surface area contributed by atoms with Crippen LogP contribution in [0.15, 0.2) is 18.5 Å². The smallest absolute Gasteiger partial charge is 0.399 e. The van der Waals surface area contributed by atoms with E-state index in [2.05, 4.69) is 43.8 Å². The largest absolute Gasteiger partial charge is 0.498 e. The van der Waals surface area contributed by atoms with Crippen LogP contribution in [0.2, 0.25) is 0 Å². The predicted molar refractivity (Wildman–Crippen MR) is 80.7 cm³/mol. The van der Waals surface area contributed by atoms with Crippen molar-refractivity contribution in [2.75, 3.05) is 0 Å². The number of nitrogens with zero attached hydrogens (tertiary/aromatic N) is 3. The van der Waals surface area contributed by atoms with E-state index >= 15 is 0 Å². The minimum atomic E-state index is -0.389. The molecule has 1 saturated carbocycles. The highest BCUT2D eigenvalue weighted by Crippen LogP contribution is 2.40. The van der Waals surface area contributed by atoms with Gasteiger partial charge in [-0.2, -0.15) is 5.10 Å². The molecule has 1 aliphatic heterocycles. The highest BCUT2D eigenvalue weighted by molar-refractivity contribution is 6.64. The summed E-state index contributed by atoms with van der Waals surface area (Å²) in [6.45, 7) is 8.27. The lowest BCUT2D eigenvalue weighted by atomic mass is 9.79. The molecule has 5 nitrogen and oxygen atoms in total. The van der Waals surface area contributed by atoms with Crippen LogP contribution < -0.4 is 5.46 Å². The van der Waals surface area contributed by atoms with Gasteiger partial charge in [0, 0.05) is 23.8 Å². The number of aromatic nitrogens is 3. The molecule has 0 aromatic carbocycles. The Labute approximate surface area is 124 Å². The fourth-order valence-electron chi connectivity index (χ4n) is 2.68. The van der Waals surface area contributed by atoms with Crippen LogP contribution in [0.4, 0.5) is 0 Å². The molecule has 2 aliphatic rings. The summed E-state index contributed by atoms with van der Waals surface area (Å²) in [6.07, 6.45) is 6.09. The van der Waals surface area contributed by atoms with Gasteiger partial charge in [0.15, 0.2) is 5.65 Å². The maximum absolute atomic E-state index is 6.18. The summed E-state index contributed by atoms with van der Waals surface area (Å²) >= 11 is 0. The van der Waals surface area contributed by atoms with Crippen molar-refractivity contribution in [3.63, 3.8) is 0 Å². The molecule has 0 bridgehead atoms. The third-order valence-corrected chi connectivity index (χ3v) is 4.91. The second-order valence-electron chi connectivity index (χ2n) is 7.08. The van der Waals surface area contributed by atoms with Crippen LogP contribution in [-0.2, 0) is 9.31 Å². The molecule has 0 spiro atoms. The molecule has 0 atom stereocenters. The van der Waals surface area contributed by atoms with E-state index in [1.54, 1.807) is 6.20 Å². The third kappa shape index (κ3) is 2.00. The van der Waals surface area contributed by atoms with Crippen molar-refractivity contribution >= 4 is 18.2 Å². The Morgan fingerprint density at radius 2 is 1.86 bits per heavy atom. The van der Waals surface area contributed by atoms with Gasteiger partial charge in [0.1, 0.15) is 0 Å². The standard InChI is InChI=1S/C15H20BN3O2/c1-14(2)15(3,4)21-16(20-14)11-9-12(10-5-6-10)18-19-8-7-17-13(11)19/h7-10H,5-6H2,1-4H3. The molecule has 4 rings (SSSR count). The zero-order chi connectivity index (χ0) is 14.8. The van der Waals surface area contributed by atoms with Crippen molar-refractivity contribution in [3.8, 4) is 0 Å². The summed E-state index contributed by atoms with van der Waals surface area (Å²) in [6, 6.07) is 2.11. The van der Waals surface area contributed by atoms with Gasteiger partial charge in [0.25, 0.3) is 0 Å². The van der Waals surface area contributed by atoms with Crippen LogP contribution in [0.1, 0.15) is 52.1 Å². The van der Waals surface area contributed by atoms with E-state index in [0.29, 0.717) is 5.92 Å². The minimum Gasteiger partial charge on any atom is -0.399 e. The van der Waals surface area contributed by atoms with E-state index in [1.165, 1.54) is 12.8 Å². The molecular weight excluding hydrogens is 265 g/mol. The molecular formula is C15H20BN3O2. The molecule has 2 fully saturated rings. The summed E-state index contributed by atoms with van der Waals surface area (Å²) in [4.78, 5) is 4.42. The summed E-state index contributed by atoms with van der Waals surface area (Å²) in [5.74, 6) is 0.581. The van der Waals surface area contributed by atoms with Gasteiger partial charge in [-0.3, -0.25) is 0 Å². The van der Waals surface area contributed by atoms with Crippen LogP contribution in [-0.4, -0.2) is 32.9 Å². The zero-order valence-corrected chi connectivity index (χ0v) is 13.0. The number of hydrogen-bond acceptors (Lipinski definition) is 4. The van der Waals surface area contributed by atoms with E-state index < -0.39 is 0 Å². The molecule has 110 valence electrons. The molecule has 2 aromatic rings. The van der Waals surface area contributed by atoms with Gasteiger partial charge in [-0.15, -0.1) is 0 Å². The van der Waals surface area contributed by atoms with Gasteiger partial charge in [-0.05, 0) is 46.6 Å². The number of imidazole rings is 1. The normalized spacial score (nSPS) is 23.9. The van der Waals surface area contributed by atoms with E-state index in [1.807, 2.05) is 10.7 Å². The Balaban J connectivity index is 1.81. The fourth-order valence-corrected chi connectivity index (χ4v) is 2.68. The highest BCUT2D eigenvalue weighted by atomic mass is 16.7. The first-order chi connectivity index (χ1) is 9.87. The molecule has 21 heavy (non-hydrogen) atoms. The SMILES string of the molecule is CC1(C)OB(c2cc(C3CC3)nn3ccnc23)OC1(C)C. The first kappa shape index (κ1) is 13.3. The first-order valence-corrected chi connectivity index (χ1v) is 7.57. The Kier molecular flexibility index (Phi) is 2.58. The van der Waals surface area contributed by atoms with E-state index in [4.69, 9.17) is 9.31 Å². The number of rotatable bonds is 2. The maximum atomic E-state index is 6.18. The molecule has 0 N–H and O–H groups in total. The lowest BCUT2D eigenvalue weighted by molar-refractivity contribution is 0.00578. The number of hydrogen-bond donors (Lipinski definition) is 0. The van der Waals surface area contributed by atoms with Gasteiger partial charge >= 0.3 is 7.12 Å². The maximum Gasteiger partial charge on any atom is 0.498 e. The molecule has 0 unspecified atom stereocenters. The first-order valence-electron chi connectivity index (χ1n) is 7.57. The third-order valence-electron chi connectivity index (χ3n) is 4.91. The van der Waals surface area contributed by atoms with E-state index in [0.717, 1.165) is 16.8 Å². The quantitative estimate of drug-likeness (QED) is 0.791. The van der Waals surface area contributed by atoms with Crippen LogP contribution in [0.25, 0.3) is 5.65 Å². The second-order valence-corrected chi connectivity index (χ2v) is 7.08. The Bertz CT molecular complexity index is 690. The van der Waals surface area contributed by atoms with Crippen LogP contribution in [0.5, 0.6) is 0 Å². The molecule has 0 radical (unpaired) electrons. The van der Waals surface area contributed by atoms with Gasteiger partial charge in [0.05, 0.1) is 16.9 Å². The fraction of sp³-hybridized carbons (Fsp3) is 0.600. The van der Waals surface area contributed by atoms with Crippen molar-refractivity contribution in [1.29, 1.82) is 0 Å². The van der Waals surface area contributed by atoms with E-state index in [-0.39, 0.29) is 18.3 Å². The highest BCUT2D eigenvalue weighted by Gasteiger charge is 2.52. The van der Waals surface area contributed by atoms with Crippen molar-refractivity contribution in [1.82, 2.24) is 14.6 Å². The monoisotopic (exact) mass is 285 g/mol. The van der Waals surface area contributed by atoms with Gasteiger partial charge in [0.2, 0.25) is 0 Å². The summed E-state index contributed by atoms with van der Waals surface area (Å²) < 4.78 is 14.2. The average Bonchev–Trinajstić information content (AvgIpc) is 3.09. The lowest BCUT2D eigenvalue weighted by Crippen LogP contribution is -2.41. The molecule has 1 aliphatic carbocycles. The van der Waals surface area contributed by atoms with Crippen LogP contribution in [0, 0.1) is 0 Å². The van der Waals surface area contributed by atoms with Crippen molar-refractivity contribution in [3.05, 3.63) is 24.2 Å². The number of fused-ring (bicyclic) bond motifs is 1. The summed E-state index contributed by atoms with van der Waals surface area (Å²) in [5, 5.41) is 4.65. The average molecular weight is 285 g/mol. The molecule has 3 heterocycles. The predicted octanol–water partition coefficient (Wildman–Crippen LogP) is 1.91.